The second kappa shape index (κ2) is 38.3. The number of alkyl halides is 1. The van der Waals surface area contributed by atoms with E-state index < -0.39 is 12.1 Å². The van der Waals surface area contributed by atoms with E-state index in [9.17, 15) is 9.59 Å². The van der Waals surface area contributed by atoms with Gasteiger partial charge in [-0.25, -0.2) is 9.18 Å². The highest BCUT2D eigenvalue weighted by atomic mass is 19.1. The summed E-state index contributed by atoms with van der Waals surface area (Å²) in [6, 6.07) is 0.405. The van der Waals surface area contributed by atoms with Crippen molar-refractivity contribution in [3.8, 4) is 0 Å². The number of carbonyl (C=O) groups excluding carboxylic acids is 2. The van der Waals surface area contributed by atoms with Gasteiger partial charge < -0.3 is 14.4 Å². The minimum absolute atomic E-state index is 0.0369. The molecule has 3 unspecified atom stereocenters. The summed E-state index contributed by atoms with van der Waals surface area (Å²) in [5.41, 5.74) is 0. The number of carbonyl (C=O) groups is 2. The van der Waals surface area contributed by atoms with Gasteiger partial charge in [0.15, 0.2) is 6.17 Å². The summed E-state index contributed by atoms with van der Waals surface area (Å²) in [5.74, 6) is -0.600. The molecule has 0 N–H and O–H groups in total. The topological polar surface area (TPSA) is 49.9 Å². The minimum atomic E-state index is -1.53. The van der Waals surface area contributed by atoms with Crippen molar-refractivity contribution in [2.45, 2.75) is 245 Å². The van der Waals surface area contributed by atoms with E-state index in [-0.39, 0.29) is 18.4 Å². The average molecular weight is 739 g/mol. The van der Waals surface area contributed by atoms with Crippen LogP contribution in [0.2, 0.25) is 0 Å². The Hall–Kier alpha value is -1.01. The largest absolute Gasteiger partial charge is 0.460 e. The second-order valence-electron chi connectivity index (χ2n) is 16.5. The van der Waals surface area contributed by atoms with Gasteiger partial charge >= 0.3 is 5.97 Å². The molecule has 0 amide bonds. The van der Waals surface area contributed by atoms with Crippen molar-refractivity contribution in [1.29, 1.82) is 0 Å². The smallest absolute Gasteiger partial charge is 0.340 e. The molecule has 0 bridgehead atoms. The van der Waals surface area contributed by atoms with E-state index in [2.05, 4.69) is 51.6 Å². The standard InChI is InChI=1S/C46H91FN2O3/c1-7-11-15-19-21-23-25-31-38-49(40-42(41-50)37-39-48(5)6)43(32-26-24-22-20-16-12-8-2)33-29-30-36-45(47)46(51)52-44(34-27-17-13-9-3)35-28-18-14-10-4/h41-45H,7-40H2,1-6H3. The number of ether oxygens (including phenoxy) is 1. The molecule has 0 saturated carbocycles. The van der Waals surface area contributed by atoms with Gasteiger partial charge in [0.05, 0.1) is 0 Å². The number of halogens is 1. The first kappa shape index (κ1) is 51.0. The quantitative estimate of drug-likeness (QED) is 0.0355. The van der Waals surface area contributed by atoms with E-state index >= 15 is 4.39 Å². The van der Waals surface area contributed by atoms with Crippen LogP contribution in [0.4, 0.5) is 4.39 Å². The summed E-state index contributed by atoms with van der Waals surface area (Å²) in [6.07, 6.45) is 34.7. The summed E-state index contributed by atoms with van der Waals surface area (Å²) in [6.45, 7) is 11.7. The third-order valence-electron chi connectivity index (χ3n) is 11.1. The van der Waals surface area contributed by atoms with Gasteiger partial charge in [-0.2, -0.15) is 0 Å². The van der Waals surface area contributed by atoms with Crippen molar-refractivity contribution < 1.29 is 18.7 Å². The Morgan fingerprint density at radius 2 is 0.942 bits per heavy atom. The summed E-state index contributed by atoms with van der Waals surface area (Å²) in [7, 11) is 4.16. The predicted octanol–water partition coefficient (Wildman–Crippen LogP) is 13.5. The Morgan fingerprint density at radius 1 is 0.538 bits per heavy atom. The lowest BCUT2D eigenvalue weighted by molar-refractivity contribution is -0.156. The van der Waals surface area contributed by atoms with Gasteiger partial charge in [-0.15, -0.1) is 0 Å². The molecule has 0 aliphatic rings. The lowest BCUT2D eigenvalue weighted by Gasteiger charge is -2.34. The molecule has 5 nitrogen and oxygen atoms in total. The first-order valence-corrected chi connectivity index (χ1v) is 23.0. The summed E-state index contributed by atoms with van der Waals surface area (Å²) in [4.78, 5) is 30.0. The fourth-order valence-electron chi connectivity index (χ4n) is 7.57. The van der Waals surface area contributed by atoms with Gasteiger partial charge in [0.1, 0.15) is 12.4 Å². The Balaban J connectivity index is 5.38. The predicted molar refractivity (Wildman–Crippen MR) is 224 cm³/mol. The first-order chi connectivity index (χ1) is 25.3. The van der Waals surface area contributed by atoms with E-state index in [0.717, 1.165) is 83.8 Å². The van der Waals surface area contributed by atoms with Gasteiger partial charge in [-0.1, -0.05) is 163 Å². The van der Waals surface area contributed by atoms with Crippen LogP contribution in [0.25, 0.3) is 0 Å². The Kier molecular flexibility index (Phi) is 37.5. The molecule has 0 aliphatic heterocycles. The minimum Gasteiger partial charge on any atom is -0.460 e. The molecule has 0 aromatic heterocycles. The molecule has 6 heteroatoms. The molecule has 0 rings (SSSR count). The van der Waals surface area contributed by atoms with E-state index in [1.807, 2.05) is 0 Å². The van der Waals surface area contributed by atoms with Crippen LogP contribution in [-0.4, -0.2) is 74.1 Å². The molecular formula is C46H91FN2O3. The highest BCUT2D eigenvalue weighted by Crippen LogP contribution is 2.23. The molecule has 3 atom stereocenters. The Bertz CT molecular complexity index is 754. The number of hydrogen-bond acceptors (Lipinski definition) is 5. The molecule has 52 heavy (non-hydrogen) atoms. The molecule has 0 spiro atoms. The highest BCUT2D eigenvalue weighted by molar-refractivity contribution is 5.74. The zero-order valence-corrected chi connectivity index (χ0v) is 35.9. The highest BCUT2D eigenvalue weighted by Gasteiger charge is 2.25. The van der Waals surface area contributed by atoms with Crippen molar-refractivity contribution in [3.05, 3.63) is 0 Å². The van der Waals surface area contributed by atoms with Crippen molar-refractivity contribution in [3.63, 3.8) is 0 Å². The maximum atomic E-state index is 15.3. The third kappa shape index (κ3) is 31.4. The summed E-state index contributed by atoms with van der Waals surface area (Å²) < 4.78 is 21.1. The monoisotopic (exact) mass is 739 g/mol. The van der Waals surface area contributed by atoms with E-state index in [0.29, 0.717) is 12.5 Å². The van der Waals surface area contributed by atoms with E-state index in [4.69, 9.17) is 4.74 Å². The van der Waals surface area contributed by atoms with Gasteiger partial charge in [0, 0.05) is 18.5 Å². The zero-order valence-electron chi connectivity index (χ0n) is 35.9. The summed E-state index contributed by atoms with van der Waals surface area (Å²) in [5, 5.41) is 0. The van der Waals surface area contributed by atoms with E-state index in [1.165, 1.54) is 128 Å². The molecule has 0 aromatic carbocycles. The second-order valence-corrected chi connectivity index (χ2v) is 16.5. The van der Waals surface area contributed by atoms with Gasteiger partial charge in [0.2, 0.25) is 0 Å². The van der Waals surface area contributed by atoms with Crippen molar-refractivity contribution in [2.24, 2.45) is 5.92 Å². The van der Waals surface area contributed by atoms with Crippen LogP contribution < -0.4 is 0 Å². The van der Waals surface area contributed by atoms with Crippen LogP contribution in [-0.2, 0) is 14.3 Å². The number of unbranched alkanes of at least 4 members (excludes halogenated alkanes) is 20. The zero-order chi connectivity index (χ0) is 38.5. The van der Waals surface area contributed by atoms with Crippen molar-refractivity contribution in [1.82, 2.24) is 9.80 Å². The number of hydrogen-bond donors (Lipinski definition) is 0. The maximum Gasteiger partial charge on any atom is 0.340 e. The van der Waals surface area contributed by atoms with Gasteiger partial charge in [-0.05, 0) is 91.4 Å². The van der Waals surface area contributed by atoms with Crippen LogP contribution in [0.3, 0.4) is 0 Å². The van der Waals surface area contributed by atoms with Crippen molar-refractivity contribution >= 4 is 12.3 Å². The lowest BCUT2D eigenvalue weighted by Crippen LogP contribution is -2.40. The van der Waals surface area contributed by atoms with Crippen molar-refractivity contribution in [2.75, 3.05) is 33.7 Å². The molecule has 310 valence electrons. The average Bonchev–Trinajstić information content (AvgIpc) is 3.13. The van der Waals surface area contributed by atoms with Gasteiger partial charge in [0.25, 0.3) is 0 Å². The SMILES string of the molecule is CCCCCCCCCCN(CC(C=O)CCN(C)C)C(CCCCCCCCC)CCCCC(F)C(=O)OC(CCCCCC)CCCCCC. The Labute approximate surface area is 324 Å². The maximum absolute atomic E-state index is 15.3. The van der Waals surface area contributed by atoms with Crippen LogP contribution in [0.5, 0.6) is 0 Å². The molecule has 0 radical (unpaired) electrons. The van der Waals surface area contributed by atoms with E-state index in [1.54, 1.807) is 0 Å². The number of esters is 1. The fourth-order valence-corrected chi connectivity index (χ4v) is 7.57. The molecule has 0 aromatic rings. The third-order valence-corrected chi connectivity index (χ3v) is 11.1. The molecule has 0 aliphatic carbocycles. The number of aldehydes is 1. The summed E-state index contributed by atoms with van der Waals surface area (Å²) >= 11 is 0. The van der Waals surface area contributed by atoms with Crippen LogP contribution in [0, 0.1) is 5.92 Å². The Morgan fingerprint density at radius 3 is 1.42 bits per heavy atom. The van der Waals surface area contributed by atoms with Gasteiger partial charge in [-0.3, -0.25) is 4.90 Å². The van der Waals surface area contributed by atoms with Crippen LogP contribution in [0.1, 0.15) is 227 Å². The molecule has 0 fully saturated rings. The normalized spacial score (nSPS) is 13.7. The van der Waals surface area contributed by atoms with Crippen LogP contribution >= 0.6 is 0 Å². The number of rotatable bonds is 41. The molecule has 0 saturated heterocycles. The lowest BCUT2D eigenvalue weighted by atomic mass is 9.96. The number of nitrogens with zero attached hydrogens (tertiary/aromatic N) is 2. The first-order valence-electron chi connectivity index (χ1n) is 23.0. The fraction of sp³-hybridized carbons (Fsp3) is 0.957. The molecular weight excluding hydrogens is 648 g/mol. The van der Waals surface area contributed by atoms with Crippen LogP contribution in [0.15, 0.2) is 0 Å². The molecule has 0 heterocycles.